The van der Waals surface area contributed by atoms with Crippen LogP contribution in [0, 0.1) is 19.1 Å². The maximum Gasteiger partial charge on any atom is 0.138 e. The summed E-state index contributed by atoms with van der Waals surface area (Å²) in [5.41, 5.74) is 15.5. The molecule has 1 radical (unpaired) electrons. The van der Waals surface area contributed by atoms with Gasteiger partial charge in [-0.25, -0.2) is 0 Å². The second kappa shape index (κ2) is 17.5. The Hall–Kier alpha value is -6.85. The smallest absolute Gasteiger partial charge is 0.138 e. The van der Waals surface area contributed by atoms with Crippen LogP contribution >= 0.6 is 0 Å². The number of nitrogens with zero attached hydrogens (tertiary/aromatic N) is 3. The van der Waals surface area contributed by atoms with Crippen LogP contribution in [-0.4, -0.2) is 14.5 Å². The number of hydrogen-bond donors (Lipinski definition) is 0. The van der Waals surface area contributed by atoms with Crippen LogP contribution < -0.4 is 0 Å². The molecule has 11 aromatic rings. The fraction of sp³-hybridized carbons (Fsp3) is 0.123. The Kier molecular flexibility index (Phi) is 11.5. The molecule has 0 bridgehead atoms. The van der Waals surface area contributed by atoms with Crippen LogP contribution in [0.5, 0.6) is 0 Å². The van der Waals surface area contributed by atoms with Gasteiger partial charge in [-0.15, -0.1) is 54.1 Å². The second-order valence-electron chi connectivity index (χ2n) is 16.4. The molecule has 0 unspecified atom stereocenters. The van der Waals surface area contributed by atoms with E-state index in [0.29, 0.717) is 0 Å². The summed E-state index contributed by atoms with van der Waals surface area (Å²) in [6.07, 6.45) is 1.79. The van der Waals surface area contributed by atoms with E-state index in [1.807, 2.05) is 66.7 Å². The number of aryl methyl sites for hydroxylation is 1. The quantitative estimate of drug-likeness (QED) is 0.149. The Labute approximate surface area is 381 Å². The molecule has 0 saturated heterocycles. The van der Waals surface area contributed by atoms with Crippen molar-refractivity contribution in [2.45, 2.75) is 46.5 Å². The summed E-state index contributed by atoms with van der Waals surface area (Å²) in [5.74, 6) is 2.21. The summed E-state index contributed by atoms with van der Waals surface area (Å²) in [6, 6.07) is 62.8. The van der Waals surface area contributed by atoms with E-state index in [2.05, 4.69) is 153 Å². The molecule has 0 atom stereocenters. The SMILES string of the molecule is Cc1c(-c2ccccc2)oc2ccc3c4cc[c-]c(-c5nc6ccccc6n5-c5c(C(C)C)cc(-c6ccccc6)cc5C(C)C)c4oc3c12.[Ir].[c-]1ccccc1-c1ccccn1. The molecule has 0 N–H and O–H groups in total. The van der Waals surface area contributed by atoms with Gasteiger partial charge in [0.05, 0.1) is 27.8 Å². The predicted octanol–water partition coefficient (Wildman–Crippen LogP) is 15.6. The van der Waals surface area contributed by atoms with Crippen molar-refractivity contribution in [3.05, 3.63) is 199 Å². The molecule has 0 fully saturated rings. The topological polar surface area (TPSA) is 57.0 Å². The first-order valence-electron chi connectivity index (χ1n) is 21.3. The zero-order valence-electron chi connectivity index (χ0n) is 35.8. The Morgan fingerprint density at radius 3 is 1.94 bits per heavy atom. The Balaban J connectivity index is 0.000000335. The zero-order chi connectivity index (χ0) is 42.3. The van der Waals surface area contributed by atoms with E-state index in [4.69, 9.17) is 13.8 Å². The summed E-state index contributed by atoms with van der Waals surface area (Å²) in [6.45, 7) is 11.2. The number of hydrogen-bond acceptors (Lipinski definition) is 4. The van der Waals surface area contributed by atoms with E-state index in [1.54, 1.807) is 6.20 Å². The van der Waals surface area contributed by atoms with Crippen molar-refractivity contribution in [1.82, 2.24) is 14.5 Å². The van der Waals surface area contributed by atoms with Crippen LogP contribution in [0.15, 0.2) is 179 Å². The molecule has 0 spiro atoms. The van der Waals surface area contributed by atoms with Crippen LogP contribution in [0.25, 0.3) is 94.7 Å². The number of furan rings is 2. The molecule has 311 valence electrons. The fourth-order valence-corrected chi connectivity index (χ4v) is 8.67. The minimum Gasteiger partial charge on any atom is -0.500 e. The van der Waals surface area contributed by atoms with Gasteiger partial charge >= 0.3 is 0 Å². The van der Waals surface area contributed by atoms with E-state index < -0.39 is 0 Å². The third-order valence-corrected chi connectivity index (χ3v) is 11.7. The van der Waals surface area contributed by atoms with E-state index in [0.717, 1.165) is 83.5 Å². The average Bonchev–Trinajstić information content (AvgIpc) is 4.01. The molecule has 0 aliphatic heterocycles. The first-order chi connectivity index (χ1) is 30.4. The van der Waals surface area contributed by atoms with Crippen molar-refractivity contribution in [1.29, 1.82) is 0 Å². The van der Waals surface area contributed by atoms with Gasteiger partial charge < -0.3 is 18.4 Å². The van der Waals surface area contributed by atoms with Gasteiger partial charge in [0, 0.05) is 48.5 Å². The fourth-order valence-electron chi connectivity index (χ4n) is 8.67. The largest absolute Gasteiger partial charge is 0.500 e. The third-order valence-electron chi connectivity index (χ3n) is 11.7. The zero-order valence-corrected chi connectivity index (χ0v) is 38.2. The van der Waals surface area contributed by atoms with Crippen LogP contribution in [0.1, 0.15) is 56.2 Å². The van der Waals surface area contributed by atoms with Gasteiger partial charge in [-0.05, 0) is 89.2 Å². The van der Waals surface area contributed by atoms with E-state index >= 15 is 0 Å². The third kappa shape index (κ3) is 7.60. The van der Waals surface area contributed by atoms with Gasteiger partial charge in [0.1, 0.15) is 16.9 Å². The number of rotatable bonds is 7. The van der Waals surface area contributed by atoms with Gasteiger partial charge in [-0.3, -0.25) is 4.98 Å². The maximum absolute atomic E-state index is 6.96. The normalized spacial score (nSPS) is 11.4. The first kappa shape index (κ1) is 41.5. The van der Waals surface area contributed by atoms with Gasteiger partial charge in [0.2, 0.25) is 0 Å². The van der Waals surface area contributed by atoms with Gasteiger partial charge in [0.15, 0.2) is 0 Å². The number of imidazole rings is 1. The number of aromatic nitrogens is 3. The minimum atomic E-state index is 0. The molecule has 0 aliphatic carbocycles. The molecule has 0 aliphatic rings. The molecule has 63 heavy (non-hydrogen) atoms. The summed E-state index contributed by atoms with van der Waals surface area (Å²) in [5, 5.41) is 3.08. The second-order valence-corrected chi connectivity index (χ2v) is 16.4. The van der Waals surface area contributed by atoms with Crippen molar-refractivity contribution in [3.63, 3.8) is 0 Å². The molecule has 6 heteroatoms. The number of benzene rings is 7. The summed E-state index contributed by atoms with van der Waals surface area (Å²) in [7, 11) is 0. The van der Waals surface area contributed by atoms with E-state index in [9.17, 15) is 0 Å². The minimum absolute atomic E-state index is 0. The Morgan fingerprint density at radius 2 is 1.25 bits per heavy atom. The van der Waals surface area contributed by atoms with Crippen molar-refractivity contribution in [2.75, 3.05) is 0 Å². The monoisotopic (exact) mass is 996 g/mol. The first-order valence-corrected chi connectivity index (χ1v) is 21.3. The molecular weight excluding hydrogens is 951 g/mol. The number of fused-ring (bicyclic) bond motifs is 6. The van der Waals surface area contributed by atoms with E-state index in [-0.39, 0.29) is 31.9 Å². The van der Waals surface area contributed by atoms with Crippen molar-refractivity contribution in [2.24, 2.45) is 0 Å². The van der Waals surface area contributed by atoms with Gasteiger partial charge in [-0.2, -0.15) is 0 Å². The number of para-hydroxylation sites is 2. The van der Waals surface area contributed by atoms with Crippen molar-refractivity contribution >= 4 is 43.9 Å². The van der Waals surface area contributed by atoms with Crippen molar-refractivity contribution < 1.29 is 28.9 Å². The number of pyridine rings is 1. The Morgan fingerprint density at radius 1 is 0.587 bits per heavy atom. The maximum atomic E-state index is 6.96. The van der Waals surface area contributed by atoms with Crippen LogP contribution in [0.3, 0.4) is 0 Å². The average molecular weight is 996 g/mol. The summed E-state index contributed by atoms with van der Waals surface area (Å²) in [4.78, 5) is 9.56. The van der Waals surface area contributed by atoms with Crippen molar-refractivity contribution in [3.8, 4) is 50.8 Å². The molecule has 4 aromatic heterocycles. The Bertz CT molecular complexity index is 3280. The standard InChI is InChI=1S/C46H37N2O2.C11H8N.Ir/c1-27(2)36-25-32(30-15-8-6-9-16-30)26-37(28(3)4)42(36)48-39-22-13-12-21-38(39)47-46(48)35-20-14-19-33-34-23-24-40-41(45(34)50-44(33)35)29(5)43(49-40)31-17-10-7-11-18-31;1-2-6-10(7-3-1)11-8-4-5-9-12-11;/h6-19,21-28H,1-5H3;1-6,8-9H;/q2*-1;. The molecule has 5 nitrogen and oxygen atoms in total. The van der Waals surface area contributed by atoms with Gasteiger partial charge in [-0.1, -0.05) is 124 Å². The predicted molar refractivity (Wildman–Crippen MR) is 255 cm³/mol. The van der Waals surface area contributed by atoms with Gasteiger partial charge in [0.25, 0.3) is 0 Å². The van der Waals surface area contributed by atoms with E-state index in [1.165, 1.54) is 27.9 Å². The molecular formula is C57H45IrN3O2-2. The molecule has 11 rings (SSSR count). The molecule has 0 amide bonds. The van der Waals surface area contributed by atoms with Crippen LogP contribution in [-0.2, 0) is 20.1 Å². The molecule has 4 heterocycles. The summed E-state index contributed by atoms with van der Waals surface area (Å²) >= 11 is 0. The summed E-state index contributed by atoms with van der Waals surface area (Å²) < 4.78 is 15.8. The molecule has 7 aromatic carbocycles. The van der Waals surface area contributed by atoms with Crippen LogP contribution in [0.4, 0.5) is 0 Å². The van der Waals surface area contributed by atoms with Crippen LogP contribution in [0.2, 0.25) is 0 Å². The molecule has 0 saturated carbocycles.